The van der Waals surface area contributed by atoms with Crippen molar-refractivity contribution in [1.82, 2.24) is 15.5 Å². The van der Waals surface area contributed by atoms with Crippen LogP contribution in [0, 0.1) is 5.92 Å². The van der Waals surface area contributed by atoms with Crippen molar-refractivity contribution in [2.75, 3.05) is 32.8 Å². The molecule has 0 aliphatic carbocycles. The Hall–Kier alpha value is -1.22. The van der Waals surface area contributed by atoms with Crippen molar-refractivity contribution in [2.45, 2.75) is 52.7 Å². The molecule has 2 aliphatic rings. The Morgan fingerprint density at radius 1 is 1.25 bits per heavy atom. The molecule has 6 nitrogen and oxygen atoms in total. The fourth-order valence-electron chi connectivity index (χ4n) is 3.65. The van der Waals surface area contributed by atoms with Crippen LogP contribution in [-0.4, -0.2) is 55.8 Å². The van der Waals surface area contributed by atoms with Gasteiger partial charge in [0, 0.05) is 43.7 Å². The Kier molecular flexibility index (Phi) is 9.14. The number of hydrogen-bond acceptors (Lipinski definition) is 4. The Bertz CT molecular complexity index is 653. The highest BCUT2D eigenvalue weighted by molar-refractivity contribution is 14.0. The van der Waals surface area contributed by atoms with Crippen molar-refractivity contribution in [3.63, 3.8) is 0 Å². The summed E-state index contributed by atoms with van der Waals surface area (Å²) in [5.74, 6) is 3.14. The zero-order chi connectivity index (χ0) is 19.2. The summed E-state index contributed by atoms with van der Waals surface area (Å²) in [6.45, 7) is 13.9. The molecule has 0 bridgehead atoms. The van der Waals surface area contributed by atoms with Gasteiger partial charge in [-0.1, -0.05) is 19.1 Å². The monoisotopic (exact) mass is 502 g/mol. The quantitative estimate of drug-likeness (QED) is 0.368. The molecule has 2 unspecified atom stereocenters. The van der Waals surface area contributed by atoms with E-state index in [-0.39, 0.29) is 24.0 Å². The number of nitrogens with one attached hydrogen (secondary N) is 2. The molecule has 1 aromatic carbocycles. The molecule has 2 heterocycles. The van der Waals surface area contributed by atoms with Gasteiger partial charge in [0.15, 0.2) is 17.5 Å². The van der Waals surface area contributed by atoms with E-state index in [0.717, 1.165) is 49.1 Å². The second-order valence-corrected chi connectivity index (χ2v) is 7.77. The van der Waals surface area contributed by atoms with Crippen molar-refractivity contribution < 1.29 is 9.47 Å². The fraction of sp³-hybridized carbons (Fsp3) is 0.667. The molecule has 0 amide bonds. The summed E-state index contributed by atoms with van der Waals surface area (Å²) in [6.07, 6.45) is 0.910. The predicted molar refractivity (Wildman–Crippen MR) is 125 cm³/mol. The van der Waals surface area contributed by atoms with E-state index < -0.39 is 0 Å². The molecule has 2 N–H and O–H groups in total. The molecular weight excluding hydrogens is 467 g/mol. The van der Waals surface area contributed by atoms with E-state index >= 15 is 0 Å². The average molecular weight is 502 g/mol. The minimum atomic E-state index is 0. The lowest BCUT2D eigenvalue weighted by atomic mass is 10.1. The van der Waals surface area contributed by atoms with Gasteiger partial charge in [-0.15, -0.1) is 24.0 Å². The van der Waals surface area contributed by atoms with Crippen LogP contribution < -0.4 is 20.1 Å². The third-order valence-electron chi connectivity index (χ3n) is 5.30. The molecule has 1 saturated heterocycles. The zero-order valence-electron chi connectivity index (χ0n) is 17.5. The summed E-state index contributed by atoms with van der Waals surface area (Å²) in [6, 6.07) is 7.05. The summed E-state index contributed by atoms with van der Waals surface area (Å²) >= 11 is 0. The first kappa shape index (κ1) is 23.1. The molecule has 28 heavy (non-hydrogen) atoms. The highest BCUT2D eigenvalue weighted by atomic mass is 127. The van der Waals surface area contributed by atoms with Gasteiger partial charge in [-0.3, -0.25) is 4.90 Å². The number of aliphatic imine (C=N–C) groups is 1. The Labute approximate surface area is 186 Å². The van der Waals surface area contributed by atoms with E-state index in [9.17, 15) is 0 Å². The maximum atomic E-state index is 5.92. The molecule has 0 aromatic heterocycles. The Morgan fingerprint density at radius 2 is 2.04 bits per heavy atom. The third kappa shape index (κ3) is 5.89. The minimum absolute atomic E-state index is 0. The largest absolute Gasteiger partial charge is 0.490 e. The van der Waals surface area contributed by atoms with Crippen LogP contribution in [0.25, 0.3) is 0 Å². The van der Waals surface area contributed by atoms with Crippen molar-refractivity contribution in [1.29, 1.82) is 0 Å². The number of para-hydroxylation sites is 1. The van der Waals surface area contributed by atoms with Crippen LogP contribution in [0.3, 0.4) is 0 Å². The molecule has 0 saturated carbocycles. The lowest BCUT2D eigenvalue weighted by Gasteiger charge is -2.22. The van der Waals surface area contributed by atoms with Gasteiger partial charge in [-0.2, -0.15) is 0 Å². The number of nitrogens with zero attached hydrogens (tertiary/aromatic N) is 2. The van der Waals surface area contributed by atoms with Crippen molar-refractivity contribution in [2.24, 2.45) is 10.9 Å². The number of guanidine groups is 1. The highest BCUT2D eigenvalue weighted by Crippen LogP contribution is 2.33. The van der Waals surface area contributed by atoms with E-state index in [0.29, 0.717) is 37.8 Å². The first-order valence-electron chi connectivity index (χ1n) is 10.2. The predicted octanol–water partition coefficient (Wildman–Crippen LogP) is 3.25. The minimum Gasteiger partial charge on any atom is -0.490 e. The van der Waals surface area contributed by atoms with Crippen molar-refractivity contribution in [3.05, 3.63) is 23.8 Å². The van der Waals surface area contributed by atoms with Gasteiger partial charge < -0.3 is 20.1 Å². The Morgan fingerprint density at radius 3 is 2.75 bits per heavy atom. The number of rotatable bonds is 5. The molecule has 1 fully saturated rings. The smallest absolute Gasteiger partial charge is 0.191 e. The van der Waals surface area contributed by atoms with Crippen LogP contribution >= 0.6 is 24.0 Å². The number of likely N-dealkylation sites (tertiary alicyclic amines) is 1. The van der Waals surface area contributed by atoms with Crippen molar-refractivity contribution in [3.8, 4) is 11.5 Å². The van der Waals surface area contributed by atoms with Gasteiger partial charge in [0.2, 0.25) is 0 Å². The summed E-state index contributed by atoms with van der Waals surface area (Å²) in [5, 5.41) is 7.02. The molecular formula is C21H35IN4O2. The number of ether oxygens (including phenoxy) is 2. The number of hydrogen-bond donors (Lipinski definition) is 2. The Balaban J connectivity index is 0.00000280. The van der Waals surface area contributed by atoms with Crippen LogP contribution in [-0.2, 0) is 6.54 Å². The van der Waals surface area contributed by atoms with Crippen LogP contribution in [0.15, 0.2) is 23.2 Å². The van der Waals surface area contributed by atoms with Gasteiger partial charge in [-0.25, -0.2) is 4.99 Å². The molecule has 7 heteroatoms. The van der Waals surface area contributed by atoms with E-state index in [1.165, 1.54) is 0 Å². The molecule has 3 rings (SSSR count). The van der Waals surface area contributed by atoms with Crippen LogP contribution in [0.1, 0.15) is 39.7 Å². The molecule has 158 valence electrons. The number of fused-ring (bicyclic) bond motifs is 1. The molecule has 0 spiro atoms. The maximum Gasteiger partial charge on any atom is 0.191 e. The topological polar surface area (TPSA) is 58.1 Å². The number of halogens is 1. The van der Waals surface area contributed by atoms with E-state index in [1.807, 2.05) is 12.1 Å². The zero-order valence-corrected chi connectivity index (χ0v) is 19.9. The highest BCUT2D eigenvalue weighted by Gasteiger charge is 2.31. The second kappa shape index (κ2) is 11.1. The van der Waals surface area contributed by atoms with Gasteiger partial charge in [0.1, 0.15) is 0 Å². The molecule has 2 atom stereocenters. The third-order valence-corrected chi connectivity index (χ3v) is 5.30. The van der Waals surface area contributed by atoms with Crippen LogP contribution in [0.2, 0.25) is 0 Å². The molecule has 0 radical (unpaired) electrons. The van der Waals surface area contributed by atoms with E-state index in [1.54, 1.807) is 0 Å². The maximum absolute atomic E-state index is 5.92. The summed E-state index contributed by atoms with van der Waals surface area (Å²) < 4.78 is 11.7. The summed E-state index contributed by atoms with van der Waals surface area (Å²) in [4.78, 5) is 7.35. The van der Waals surface area contributed by atoms with Gasteiger partial charge >= 0.3 is 0 Å². The molecule has 1 aromatic rings. The van der Waals surface area contributed by atoms with E-state index in [2.05, 4.69) is 49.3 Å². The van der Waals surface area contributed by atoms with Gasteiger partial charge in [0.25, 0.3) is 0 Å². The van der Waals surface area contributed by atoms with Crippen LogP contribution in [0.5, 0.6) is 11.5 Å². The van der Waals surface area contributed by atoms with Gasteiger partial charge in [0.05, 0.1) is 19.8 Å². The first-order chi connectivity index (χ1) is 13.1. The summed E-state index contributed by atoms with van der Waals surface area (Å²) in [7, 11) is 0. The fourth-order valence-corrected chi connectivity index (χ4v) is 3.65. The summed E-state index contributed by atoms with van der Waals surface area (Å²) in [5.41, 5.74) is 1.06. The first-order valence-corrected chi connectivity index (χ1v) is 10.2. The SMILES string of the molecule is CCNC(=NCc1cccc2c1OCCCO2)NC1CN(C(C)C)CC1C.I. The molecule has 2 aliphatic heterocycles. The van der Waals surface area contributed by atoms with Crippen molar-refractivity contribution >= 4 is 29.9 Å². The van der Waals surface area contributed by atoms with E-state index in [4.69, 9.17) is 14.5 Å². The normalized spacial score (nSPS) is 22.5. The lowest BCUT2D eigenvalue weighted by Crippen LogP contribution is -2.46. The van der Waals surface area contributed by atoms with Gasteiger partial charge in [-0.05, 0) is 32.8 Å². The lowest BCUT2D eigenvalue weighted by molar-refractivity contribution is 0.265. The number of benzene rings is 1. The van der Waals surface area contributed by atoms with Crippen LogP contribution in [0.4, 0.5) is 0 Å². The second-order valence-electron chi connectivity index (χ2n) is 7.77. The average Bonchev–Trinajstić information content (AvgIpc) is 2.86. The standard InChI is InChI=1S/C21H34N4O2.HI/c1-5-22-21(24-18-14-25(15(2)3)13-16(18)4)23-12-17-8-6-9-19-20(17)27-11-7-10-26-19;/h6,8-9,15-16,18H,5,7,10-14H2,1-4H3,(H2,22,23,24);1H.